The average Bonchev–Trinajstić information content (AvgIpc) is 2.92. The number of ether oxygens (including phenoxy) is 1. The van der Waals surface area contributed by atoms with Crippen molar-refractivity contribution in [3.8, 4) is 0 Å². The van der Waals surface area contributed by atoms with Gasteiger partial charge in [0.25, 0.3) is 0 Å². The second-order valence-corrected chi connectivity index (χ2v) is 6.91. The Hall–Kier alpha value is -1.62. The molecular weight excluding hydrogens is 278 g/mol. The summed E-state index contributed by atoms with van der Waals surface area (Å²) in [6, 6.07) is 6.25. The molecule has 0 aliphatic carbocycles. The third-order valence-electron chi connectivity index (χ3n) is 3.89. The summed E-state index contributed by atoms with van der Waals surface area (Å²) < 4.78 is 5.43. The average molecular weight is 305 g/mol. The molecule has 0 unspecified atom stereocenters. The molecule has 1 amide bonds. The fraction of sp³-hybridized carbons (Fsp3) is 0.647. The lowest BCUT2D eigenvalue weighted by molar-refractivity contribution is 0.0228. The van der Waals surface area contributed by atoms with E-state index in [1.807, 2.05) is 46.1 Å². The second kappa shape index (κ2) is 7.09. The zero-order valence-electron chi connectivity index (χ0n) is 14.1. The van der Waals surface area contributed by atoms with E-state index in [-0.39, 0.29) is 12.1 Å². The van der Waals surface area contributed by atoms with E-state index >= 15 is 0 Å². The first kappa shape index (κ1) is 16.7. The van der Waals surface area contributed by atoms with Crippen LogP contribution in [-0.2, 0) is 11.2 Å². The SMILES string of the molecule is CN(C(=O)OC(C)(C)C)[C@H]1CCN(CCc2ccccn2)C1. The van der Waals surface area contributed by atoms with Crippen molar-refractivity contribution in [1.29, 1.82) is 0 Å². The first-order valence-electron chi connectivity index (χ1n) is 7.93. The van der Waals surface area contributed by atoms with Crippen LogP contribution in [-0.4, -0.2) is 59.2 Å². The van der Waals surface area contributed by atoms with E-state index in [1.54, 1.807) is 4.90 Å². The fourth-order valence-electron chi connectivity index (χ4n) is 2.63. The largest absolute Gasteiger partial charge is 0.444 e. The Morgan fingerprint density at radius 2 is 2.23 bits per heavy atom. The Labute approximate surface area is 133 Å². The molecule has 2 rings (SSSR count). The molecule has 0 radical (unpaired) electrons. The van der Waals surface area contributed by atoms with Crippen molar-refractivity contribution in [3.05, 3.63) is 30.1 Å². The van der Waals surface area contributed by atoms with Gasteiger partial charge in [0.15, 0.2) is 0 Å². The number of aromatic nitrogens is 1. The predicted molar refractivity (Wildman–Crippen MR) is 86.8 cm³/mol. The van der Waals surface area contributed by atoms with Gasteiger partial charge in [0.05, 0.1) is 0 Å². The van der Waals surface area contributed by atoms with Gasteiger partial charge in [-0.25, -0.2) is 4.79 Å². The van der Waals surface area contributed by atoms with Gasteiger partial charge >= 0.3 is 6.09 Å². The van der Waals surface area contributed by atoms with Gasteiger partial charge in [0.1, 0.15) is 5.60 Å². The highest BCUT2D eigenvalue weighted by Crippen LogP contribution is 2.17. The molecule has 5 heteroatoms. The molecule has 2 heterocycles. The molecule has 0 spiro atoms. The van der Waals surface area contributed by atoms with Crippen LogP contribution in [0.3, 0.4) is 0 Å². The van der Waals surface area contributed by atoms with Crippen molar-refractivity contribution >= 4 is 6.09 Å². The molecular formula is C17H27N3O2. The normalized spacial score (nSPS) is 19.2. The number of rotatable bonds is 4. The van der Waals surface area contributed by atoms with Gasteiger partial charge in [-0.1, -0.05) is 6.07 Å². The molecule has 0 saturated carbocycles. The van der Waals surface area contributed by atoms with Gasteiger partial charge in [-0.3, -0.25) is 4.98 Å². The standard InChI is InChI=1S/C17H27N3O2/c1-17(2,3)22-16(21)19(4)15-9-12-20(13-15)11-8-14-7-5-6-10-18-14/h5-7,10,15H,8-9,11-13H2,1-4H3/t15-/m0/s1. The maximum Gasteiger partial charge on any atom is 0.410 e. The lowest BCUT2D eigenvalue weighted by Gasteiger charge is -2.28. The number of hydrogen-bond acceptors (Lipinski definition) is 4. The van der Waals surface area contributed by atoms with Crippen molar-refractivity contribution in [2.45, 2.75) is 45.3 Å². The van der Waals surface area contributed by atoms with Crippen LogP contribution in [0.25, 0.3) is 0 Å². The van der Waals surface area contributed by atoms with Crippen molar-refractivity contribution in [2.24, 2.45) is 0 Å². The van der Waals surface area contributed by atoms with Gasteiger partial charge in [0, 0.05) is 51.0 Å². The van der Waals surface area contributed by atoms with E-state index in [4.69, 9.17) is 4.74 Å². The van der Waals surface area contributed by atoms with Crippen LogP contribution in [0.15, 0.2) is 24.4 Å². The molecule has 1 aromatic heterocycles. The third-order valence-corrected chi connectivity index (χ3v) is 3.89. The van der Waals surface area contributed by atoms with Crippen molar-refractivity contribution in [2.75, 3.05) is 26.7 Å². The van der Waals surface area contributed by atoms with Crippen LogP contribution in [0.5, 0.6) is 0 Å². The summed E-state index contributed by atoms with van der Waals surface area (Å²) in [5, 5.41) is 0. The maximum absolute atomic E-state index is 12.1. The van der Waals surface area contributed by atoms with E-state index in [0.29, 0.717) is 0 Å². The Morgan fingerprint density at radius 1 is 1.45 bits per heavy atom. The predicted octanol–water partition coefficient (Wildman–Crippen LogP) is 2.57. The number of carbonyl (C=O) groups excluding carboxylic acids is 1. The summed E-state index contributed by atoms with van der Waals surface area (Å²) in [5.41, 5.74) is 0.675. The summed E-state index contributed by atoms with van der Waals surface area (Å²) in [6.07, 6.45) is 3.55. The lowest BCUT2D eigenvalue weighted by atomic mass is 10.2. The van der Waals surface area contributed by atoms with Crippen LogP contribution >= 0.6 is 0 Å². The Balaban J connectivity index is 1.78. The Kier molecular flexibility index (Phi) is 5.40. The zero-order valence-corrected chi connectivity index (χ0v) is 14.1. The summed E-state index contributed by atoms with van der Waals surface area (Å²) in [5.74, 6) is 0. The van der Waals surface area contributed by atoms with Crippen molar-refractivity contribution < 1.29 is 9.53 Å². The Morgan fingerprint density at radius 3 is 2.86 bits per heavy atom. The molecule has 1 aliphatic rings. The van der Waals surface area contributed by atoms with E-state index < -0.39 is 5.60 Å². The highest BCUT2D eigenvalue weighted by Gasteiger charge is 2.30. The third kappa shape index (κ3) is 4.98. The van der Waals surface area contributed by atoms with Gasteiger partial charge in [-0.15, -0.1) is 0 Å². The molecule has 1 fully saturated rings. The summed E-state index contributed by atoms with van der Waals surface area (Å²) in [7, 11) is 1.83. The number of hydrogen-bond donors (Lipinski definition) is 0. The van der Waals surface area contributed by atoms with Gasteiger partial charge in [0.2, 0.25) is 0 Å². The molecule has 1 saturated heterocycles. The number of carbonyl (C=O) groups is 1. The number of nitrogens with zero attached hydrogens (tertiary/aromatic N) is 3. The highest BCUT2D eigenvalue weighted by atomic mass is 16.6. The molecule has 1 aliphatic heterocycles. The fourth-order valence-corrected chi connectivity index (χ4v) is 2.63. The van der Waals surface area contributed by atoms with Gasteiger partial charge in [-0.2, -0.15) is 0 Å². The van der Waals surface area contributed by atoms with Gasteiger partial charge in [-0.05, 0) is 39.3 Å². The number of likely N-dealkylation sites (tertiary alicyclic amines) is 1. The maximum atomic E-state index is 12.1. The molecule has 1 atom stereocenters. The van der Waals surface area contributed by atoms with Gasteiger partial charge < -0.3 is 14.5 Å². The second-order valence-electron chi connectivity index (χ2n) is 6.91. The molecule has 1 aromatic rings. The topological polar surface area (TPSA) is 45.7 Å². The van der Waals surface area contributed by atoms with Crippen LogP contribution in [0.2, 0.25) is 0 Å². The number of amides is 1. The van der Waals surface area contributed by atoms with Crippen molar-refractivity contribution in [3.63, 3.8) is 0 Å². The zero-order chi connectivity index (χ0) is 16.2. The summed E-state index contributed by atoms with van der Waals surface area (Å²) in [6.45, 7) is 8.59. The molecule has 0 aromatic carbocycles. The van der Waals surface area contributed by atoms with E-state index in [2.05, 4.69) is 16.0 Å². The Bertz CT molecular complexity index is 484. The molecule has 0 bridgehead atoms. The van der Waals surface area contributed by atoms with Crippen LogP contribution in [0, 0.1) is 0 Å². The summed E-state index contributed by atoms with van der Waals surface area (Å²) >= 11 is 0. The highest BCUT2D eigenvalue weighted by molar-refractivity contribution is 5.68. The molecule has 5 nitrogen and oxygen atoms in total. The molecule has 22 heavy (non-hydrogen) atoms. The van der Waals surface area contributed by atoms with Crippen LogP contribution < -0.4 is 0 Å². The first-order chi connectivity index (χ1) is 10.3. The minimum absolute atomic E-state index is 0.232. The molecule has 0 N–H and O–H groups in total. The van der Waals surface area contributed by atoms with E-state index in [9.17, 15) is 4.79 Å². The van der Waals surface area contributed by atoms with E-state index in [0.717, 1.165) is 38.2 Å². The minimum atomic E-state index is -0.442. The quantitative estimate of drug-likeness (QED) is 0.857. The first-order valence-corrected chi connectivity index (χ1v) is 7.93. The van der Waals surface area contributed by atoms with Crippen molar-refractivity contribution in [1.82, 2.24) is 14.8 Å². The van der Waals surface area contributed by atoms with E-state index in [1.165, 1.54) is 0 Å². The van der Waals surface area contributed by atoms with Crippen LogP contribution in [0.4, 0.5) is 4.79 Å². The number of pyridine rings is 1. The minimum Gasteiger partial charge on any atom is -0.444 e. The lowest BCUT2D eigenvalue weighted by Crippen LogP contribution is -2.42. The smallest absolute Gasteiger partial charge is 0.410 e. The van der Waals surface area contributed by atoms with Crippen LogP contribution in [0.1, 0.15) is 32.9 Å². The number of likely N-dealkylation sites (N-methyl/N-ethyl adjacent to an activating group) is 1. The molecule has 122 valence electrons. The monoisotopic (exact) mass is 305 g/mol. The summed E-state index contributed by atoms with van der Waals surface area (Å²) in [4.78, 5) is 20.6.